The third kappa shape index (κ3) is 31.6. The number of hydrogen-bond acceptors (Lipinski definition) is 12. The molecule has 0 aliphatic carbocycles. The van der Waals surface area contributed by atoms with Crippen molar-refractivity contribution in [2.75, 3.05) is 95.6 Å². The van der Waals surface area contributed by atoms with E-state index < -0.39 is 23.4 Å². The van der Waals surface area contributed by atoms with Gasteiger partial charge in [0.1, 0.15) is 23.9 Å². The van der Waals surface area contributed by atoms with E-state index in [0.717, 1.165) is 23.0 Å². The molecule has 248 valence electrons. The molecule has 0 rings (SSSR count). The first-order valence-electron chi connectivity index (χ1n) is 14.3. The molecule has 0 aromatic rings. The second-order valence-corrected chi connectivity index (χ2v) is 13.5. The van der Waals surface area contributed by atoms with E-state index in [-0.39, 0.29) is 31.7 Å². The predicted molar refractivity (Wildman–Crippen MR) is 167 cm³/mol. The minimum absolute atomic E-state index is 0.00437. The van der Waals surface area contributed by atoms with Gasteiger partial charge < -0.3 is 43.8 Å². The lowest BCUT2D eigenvalue weighted by atomic mass is 10.2. The van der Waals surface area contributed by atoms with Gasteiger partial charge in [-0.05, 0) is 48.5 Å². The molecule has 12 nitrogen and oxygen atoms in total. The first-order valence-corrected chi connectivity index (χ1v) is 16.6. The van der Waals surface area contributed by atoms with E-state index in [1.165, 1.54) is 6.92 Å². The highest BCUT2D eigenvalue weighted by Gasteiger charge is 2.16. The van der Waals surface area contributed by atoms with Gasteiger partial charge in [0.25, 0.3) is 0 Å². The predicted octanol–water partition coefficient (Wildman–Crippen LogP) is 3.54. The largest absolute Gasteiger partial charge is 0.444 e. The summed E-state index contributed by atoms with van der Waals surface area (Å²) in [4.78, 5) is 34.5. The maximum atomic E-state index is 11.6. The Morgan fingerprint density at radius 1 is 0.619 bits per heavy atom. The Hall–Kier alpha value is -1.29. The first kappa shape index (κ1) is 40.7. The third-order valence-electron chi connectivity index (χ3n) is 4.45. The van der Waals surface area contributed by atoms with Crippen LogP contribution in [0.2, 0.25) is 0 Å². The highest BCUT2D eigenvalue weighted by Crippen LogP contribution is 2.07. The average Bonchev–Trinajstić information content (AvgIpc) is 2.86. The minimum Gasteiger partial charge on any atom is -0.444 e. The second kappa shape index (κ2) is 25.1. The van der Waals surface area contributed by atoms with Crippen LogP contribution < -0.4 is 10.6 Å². The molecule has 0 fully saturated rings. The Morgan fingerprint density at radius 2 is 1.02 bits per heavy atom. The number of carbonyl (C=O) groups is 3. The summed E-state index contributed by atoms with van der Waals surface area (Å²) >= 11 is 3.36. The van der Waals surface area contributed by atoms with Gasteiger partial charge in [0.2, 0.25) is 0 Å². The van der Waals surface area contributed by atoms with Crippen LogP contribution in [0, 0.1) is 0 Å². The molecule has 14 heteroatoms. The van der Waals surface area contributed by atoms with E-state index in [9.17, 15) is 14.4 Å². The lowest BCUT2D eigenvalue weighted by Gasteiger charge is -2.19. The zero-order chi connectivity index (χ0) is 31.7. The second-order valence-electron chi connectivity index (χ2n) is 11.1. The summed E-state index contributed by atoms with van der Waals surface area (Å²) in [5.74, 6) is 3.09. The van der Waals surface area contributed by atoms with Crippen molar-refractivity contribution in [3.8, 4) is 0 Å². The van der Waals surface area contributed by atoms with Gasteiger partial charge in [-0.1, -0.05) is 0 Å². The summed E-state index contributed by atoms with van der Waals surface area (Å²) in [6, 6.07) is 0. The van der Waals surface area contributed by atoms with Crippen LogP contribution in [-0.4, -0.2) is 131 Å². The number of hydrogen-bond donors (Lipinski definition) is 2. The molecule has 0 aliphatic rings. The molecule has 0 unspecified atom stereocenters. The molecule has 0 bridgehead atoms. The number of thioether (sulfide) groups is 2. The molecular formula is C28H54N2O10S2. The van der Waals surface area contributed by atoms with Gasteiger partial charge >= 0.3 is 12.2 Å². The van der Waals surface area contributed by atoms with Crippen LogP contribution in [0.15, 0.2) is 0 Å². The van der Waals surface area contributed by atoms with Crippen molar-refractivity contribution in [2.45, 2.75) is 65.8 Å². The number of carbonyl (C=O) groups excluding carboxylic acids is 3. The average molecular weight is 643 g/mol. The van der Waals surface area contributed by atoms with Crippen molar-refractivity contribution >= 4 is 41.5 Å². The van der Waals surface area contributed by atoms with E-state index in [4.69, 9.17) is 33.2 Å². The van der Waals surface area contributed by atoms with Crippen LogP contribution in [0.4, 0.5) is 9.59 Å². The normalized spacial score (nSPS) is 11.9. The van der Waals surface area contributed by atoms with Gasteiger partial charge in [0, 0.05) is 36.1 Å². The molecule has 0 radical (unpaired) electrons. The van der Waals surface area contributed by atoms with E-state index >= 15 is 0 Å². The van der Waals surface area contributed by atoms with Crippen molar-refractivity contribution in [1.29, 1.82) is 0 Å². The number of amides is 2. The van der Waals surface area contributed by atoms with E-state index in [2.05, 4.69) is 10.6 Å². The van der Waals surface area contributed by atoms with Crippen LogP contribution >= 0.6 is 23.5 Å². The summed E-state index contributed by atoms with van der Waals surface area (Å²) in [7, 11) is 0. The number of nitrogens with one attached hydrogen (secondary N) is 2. The number of ether oxygens (including phenoxy) is 7. The van der Waals surface area contributed by atoms with Gasteiger partial charge in [-0.15, -0.1) is 0 Å². The molecule has 0 aromatic heterocycles. The fraction of sp³-hybridized carbons (Fsp3) is 0.893. The molecule has 0 aromatic carbocycles. The Balaban J connectivity index is 3.73. The summed E-state index contributed by atoms with van der Waals surface area (Å²) in [5, 5.41) is 5.44. The number of alkyl carbamates (subject to hydrolysis) is 2. The van der Waals surface area contributed by atoms with Crippen LogP contribution in [-0.2, 0) is 38.0 Å². The molecule has 0 spiro atoms. The van der Waals surface area contributed by atoms with Crippen LogP contribution in [0.5, 0.6) is 0 Å². The van der Waals surface area contributed by atoms with Crippen molar-refractivity contribution in [1.82, 2.24) is 10.6 Å². The third-order valence-corrected chi connectivity index (χ3v) is 6.34. The Bertz CT molecular complexity index is 668. The smallest absolute Gasteiger partial charge is 0.407 e. The monoisotopic (exact) mass is 642 g/mol. The summed E-state index contributed by atoms with van der Waals surface area (Å²) < 4.78 is 38.4. The zero-order valence-electron chi connectivity index (χ0n) is 26.6. The molecular weight excluding hydrogens is 588 g/mol. The van der Waals surface area contributed by atoms with Crippen molar-refractivity contribution in [2.24, 2.45) is 0 Å². The molecule has 0 saturated heterocycles. The van der Waals surface area contributed by atoms with Crippen LogP contribution in [0.3, 0.4) is 0 Å². The van der Waals surface area contributed by atoms with Gasteiger partial charge in [-0.3, -0.25) is 4.79 Å². The molecule has 0 saturated carbocycles. The minimum atomic E-state index is -0.499. The Kier molecular flexibility index (Phi) is 24.3. The van der Waals surface area contributed by atoms with Gasteiger partial charge in [-0.25, -0.2) is 9.59 Å². The molecule has 2 amide bonds. The van der Waals surface area contributed by atoms with Crippen molar-refractivity contribution in [3.05, 3.63) is 0 Å². The quantitative estimate of drug-likeness (QED) is 0.141. The number of ketones is 1. The van der Waals surface area contributed by atoms with Crippen molar-refractivity contribution in [3.63, 3.8) is 0 Å². The lowest BCUT2D eigenvalue weighted by molar-refractivity contribution is -0.128. The Labute approximate surface area is 260 Å². The zero-order valence-corrected chi connectivity index (χ0v) is 28.2. The molecule has 42 heavy (non-hydrogen) atoms. The fourth-order valence-corrected chi connectivity index (χ4v) is 4.14. The van der Waals surface area contributed by atoms with Gasteiger partial charge in [-0.2, -0.15) is 23.5 Å². The molecule has 0 atom stereocenters. The topological polar surface area (TPSA) is 140 Å². The van der Waals surface area contributed by atoms with Crippen LogP contribution in [0.1, 0.15) is 48.5 Å². The number of Topliss-reactive ketones (excluding diaryl/α,β-unsaturated/α-hetero) is 1. The highest BCUT2D eigenvalue weighted by molar-refractivity contribution is 7.99. The van der Waals surface area contributed by atoms with E-state index in [1.807, 2.05) is 41.5 Å². The highest BCUT2D eigenvalue weighted by atomic mass is 32.2. The SMILES string of the molecule is CC(=O)COC(COCCOCCSCCNC(=O)OC(C)(C)C)COCCOCCSCCNC(=O)OC(C)(C)C. The first-order chi connectivity index (χ1) is 19.8. The lowest BCUT2D eigenvalue weighted by Crippen LogP contribution is -2.33. The standard InChI is InChI=1S/C28H54N2O10S2/c1-23(31)20-38-24(21-36-12-10-34-14-18-41-16-8-29-25(32)39-27(2,3)4)22-37-13-11-35-15-19-42-17-9-30-26(33)40-28(5,6)7/h24H,8-22H2,1-7H3,(H,29,32)(H,30,33). The summed E-state index contributed by atoms with van der Waals surface area (Å²) in [6.07, 6.45) is -1.18. The maximum absolute atomic E-state index is 11.6. The summed E-state index contributed by atoms with van der Waals surface area (Å²) in [5.41, 5.74) is -0.998. The molecule has 0 aliphatic heterocycles. The fourth-order valence-electron chi connectivity index (χ4n) is 2.77. The molecule has 0 heterocycles. The Morgan fingerprint density at radius 3 is 1.40 bits per heavy atom. The van der Waals surface area contributed by atoms with Gasteiger partial charge in [0.05, 0.1) is 52.9 Å². The van der Waals surface area contributed by atoms with E-state index in [0.29, 0.717) is 52.7 Å². The van der Waals surface area contributed by atoms with Gasteiger partial charge in [0.15, 0.2) is 5.78 Å². The maximum Gasteiger partial charge on any atom is 0.407 e. The molecule has 2 N–H and O–H groups in total. The van der Waals surface area contributed by atoms with Crippen molar-refractivity contribution < 1.29 is 47.5 Å². The summed E-state index contributed by atoms with van der Waals surface area (Å²) in [6.45, 7) is 16.9. The number of rotatable bonds is 25. The van der Waals surface area contributed by atoms with Crippen LogP contribution in [0.25, 0.3) is 0 Å². The van der Waals surface area contributed by atoms with E-state index in [1.54, 1.807) is 23.5 Å².